The average Bonchev–Trinajstić information content (AvgIpc) is 2.71. The van der Waals surface area contributed by atoms with Crippen LogP contribution in [0.5, 0.6) is 0 Å². The third kappa shape index (κ3) is 3.32. The van der Waals surface area contributed by atoms with E-state index >= 15 is 0 Å². The smallest absolute Gasteiger partial charge is 0.0535 e. The molecule has 2 nitrogen and oxygen atoms in total. The van der Waals surface area contributed by atoms with Crippen molar-refractivity contribution in [2.24, 2.45) is 5.41 Å². The first-order chi connectivity index (χ1) is 9.99. The van der Waals surface area contributed by atoms with Gasteiger partial charge in [0, 0.05) is 12.6 Å². The molecule has 1 aromatic rings. The van der Waals surface area contributed by atoms with Gasteiger partial charge >= 0.3 is 0 Å². The van der Waals surface area contributed by atoms with Gasteiger partial charge in [0.2, 0.25) is 0 Å². The second-order valence-electron chi connectivity index (χ2n) is 8.01. The van der Waals surface area contributed by atoms with Crippen molar-refractivity contribution in [1.29, 1.82) is 0 Å². The highest BCUT2D eigenvalue weighted by Crippen LogP contribution is 2.40. The van der Waals surface area contributed by atoms with E-state index in [0.717, 1.165) is 19.1 Å². The maximum atomic E-state index is 3.81. The maximum absolute atomic E-state index is 3.81. The standard InChI is InChI=1S/C19H30N2/c1-18(2)11-10-17(14-18)21-13-7-12-20-19(3,15-21)16-8-5-4-6-9-16/h4-6,8-9,17,20H,7,10-15H2,1-3H3. The minimum Gasteiger partial charge on any atom is -0.307 e. The molecule has 2 unspecified atom stereocenters. The summed E-state index contributed by atoms with van der Waals surface area (Å²) >= 11 is 0. The van der Waals surface area contributed by atoms with E-state index < -0.39 is 0 Å². The first-order valence-corrected chi connectivity index (χ1v) is 8.53. The molecular weight excluding hydrogens is 256 g/mol. The molecule has 0 aromatic heterocycles. The van der Waals surface area contributed by atoms with Crippen molar-refractivity contribution >= 4 is 0 Å². The van der Waals surface area contributed by atoms with E-state index in [-0.39, 0.29) is 5.54 Å². The summed E-state index contributed by atoms with van der Waals surface area (Å²) < 4.78 is 0. The molecule has 1 N–H and O–H groups in total. The van der Waals surface area contributed by atoms with Gasteiger partial charge in [-0.3, -0.25) is 4.90 Å². The molecule has 0 amide bonds. The van der Waals surface area contributed by atoms with Gasteiger partial charge in [-0.05, 0) is 56.7 Å². The topological polar surface area (TPSA) is 15.3 Å². The van der Waals surface area contributed by atoms with Crippen LogP contribution in [-0.4, -0.2) is 30.6 Å². The number of hydrogen-bond donors (Lipinski definition) is 1. The molecule has 1 heterocycles. The van der Waals surface area contributed by atoms with Crippen LogP contribution >= 0.6 is 0 Å². The third-order valence-corrected chi connectivity index (χ3v) is 5.53. The number of nitrogens with zero attached hydrogens (tertiary/aromatic N) is 1. The summed E-state index contributed by atoms with van der Waals surface area (Å²) in [6, 6.07) is 11.8. The van der Waals surface area contributed by atoms with Crippen LogP contribution in [0.15, 0.2) is 30.3 Å². The van der Waals surface area contributed by atoms with Crippen molar-refractivity contribution in [2.45, 2.75) is 58.0 Å². The molecular formula is C19H30N2. The highest BCUT2D eigenvalue weighted by Gasteiger charge is 2.38. The Morgan fingerprint density at radius 2 is 1.90 bits per heavy atom. The van der Waals surface area contributed by atoms with Crippen molar-refractivity contribution in [2.75, 3.05) is 19.6 Å². The lowest BCUT2D eigenvalue weighted by Gasteiger charge is -2.37. The molecule has 2 fully saturated rings. The molecule has 2 atom stereocenters. The summed E-state index contributed by atoms with van der Waals surface area (Å²) in [5.41, 5.74) is 2.05. The molecule has 3 rings (SSSR count). The van der Waals surface area contributed by atoms with E-state index in [1.807, 2.05) is 0 Å². The van der Waals surface area contributed by atoms with Crippen LogP contribution in [0.4, 0.5) is 0 Å². The predicted molar refractivity (Wildman–Crippen MR) is 89.4 cm³/mol. The Kier molecular flexibility index (Phi) is 4.11. The molecule has 0 radical (unpaired) electrons. The summed E-state index contributed by atoms with van der Waals surface area (Å²) in [6.45, 7) is 10.7. The van der Waals surface area contributed by atoms with Crippen LogP contribution < -0.4 is 5.32 Å². The molecule has 116 valence electrons. The normalized spacial score (nSPS) is 33.8. The van der Waals surface area contributed by atoms with Gasteiger partial charge < -0.3 is 5.32 Å². The molecule has 1 aromatic carbocycles. The van der Waals surface area contributed by atoms with Crippen LogP contribution in [0.1, 0.15) is 52.0 Å². The van der Waals surface area contributed by atoms with Gasteiger partial charge in [-0.2, -0.15) is 0 Å². The Morgan fingerprint density at radius 3 is 2.57 bits per heavy atom. The van der Waals surface area contributed by atoms with Crippen LogP contribution in [-0.2, 0) is 5.54 Å². The summed E-state index contributed by atoms with van der Waals surface area (Å²) in [7, 11) is 0. The van der Waals surface area contributed by atoms with E-state index in [0.29, 0.717) is 5.41 Å². The lowest BCUT2D eigenvalue weighted by molar-refractivity contribution is 0.155. The first kappa shape index (κ1) is 15.1. The zero-order valence-electron chi connectivity index (χ0n) is 13.9. The van der Waals surface area contributed by atoms with Gasteiger partial charge in [0.1, 0.15) is 0 Å². The van der Waals surface area contributed by atoms with Gasteiger partial charge in [-0.25, -0.2) is 0 Å². The fourth-order valence-corrected chi connectivity index (χ4v) is 4.21. The summed E-state index contributed by atoms with van der Waals surface area (Å²) in [4.78, 5) is 2.77. The van der Waals surface area contributed by atoms with E-state index in [9.17, 15) is 0 Å². The van der Waals surface area contributed by atoms with Gasteiger partial charge in [0.25, 0.3) is 0 Å². The maximum Gasteiger partial charge on any atom is 0.0535 e. The summed E-state index contributed by atoms with van der Waals surface area (Å²) in [5, 5.41) is 3.81. The highest BCUT2D eigenvalue weighted by molar-refractivity contribution is 5.24. The summed E-state index contributed by atoms with van der Waals surface area (Å²) in [6.07, 6.45) is 5.37. The van der Waals surface area contributed by atoms with E-state index in [4.69, 9.17) is 0 Å². The summed E-state index contributed by atoms with van der Waals surface area (Å²) in [5.74, 6) is 0. The van der Waals surface area contributed by atoms with Crippen LogP contribution in [0.2, 0.25) is 0 Å². The van der Waals surface area contributed by atoms with E-state index in [2.05, 4.69) is 61.3 Å². The monoisotopic (exact) mass is 286 g/mol. The number of hydrogen-bond acceptors (Lipinski definition) is 2. The fraction of sp³-hybridized carbons (Fsp3) is 0.684. The molecule has 1 aliphatic carbocycles. The Hall–Kier alpha value is -0.860. The van der Waals surface area contributed by atoms with Gasteiger partial charge in [-0.1, -0.05) is 44.2 Å². The second kappa shape index (κ2) is 5.73. The Labute approximate surface area is 129 Å². The molecule has 21 heavy (non-hydrogen) atoms. The zero-order chi connectivity index (χ0) is 14.9. The van der Waals surface area contributed by atoms with Crippen LogP contribution in [0.3, 0.4) is 0 Å². The fourth-order valence-electron chi connectivity index (χ4n) is 4.21. The van der Waals surface area contributed by atoms with Gasteiger partial charge in [0.05, 0.1) is 5.54 Å². The zero-order valence-corrected chi connectivity index (χ0v) is 13.9. The Balaban J connectivity index is 1.78. The van der Waals surface area contributed by atoms with Gasteiger partial charge in [-0.15, -0.1) is 0 Å². The molecule has 0 bridgehead atoms. The Bertz CT molecular complexity index is 468. The molecule has 1 saturated carbocycles. The van der Waals surface area contributed by atoms with Crippen molar-refractivity contribution in [1.82, 2.24) is 10.2 Å². The van der Waals surface area contributed by atoms with Crippen molar-refractivity contribution in [3.8, 4) is 0 Å². The minimum atomic E-state index is 0.0878. The Morgan fingerprint density at radius 1 is 1.14 bits per heavy atom. The lowest BCUT2D eigenvalue weighted by Crippen LogP contribution is -2.48. The largest absolute Gasteiger partial charge is 0.307 e. The molecule has 0 spiro atoms. The number of nitrogens with one attached hydrogen (secondary N) is 1. The quantitative estimate of drug-likeness (QED) is 0.890. The highest BCUT2D eigenvalue weighted by atomic mass is 15.2. The number of benzene rings is 1. The minimum absolute atomic E-state index is 0.0878. The predicted octanol–water partition coefficient (Wildman–Crippen LogP) is 3.78. The second-order valence-corrected chi connectivity index (χ2v) is 8.01. The van der Waals surface area contributed by atoms with Crippen LogP contribution in [0, 0.1) is 5.41 Å². The molecule has 1 aliphatic heterocycles. The molecule has 2 aliphatic rings. The first-order valence-electron chi connectivity index (χ1n) is 8.53. The van der Waals surface area contributed by atoms with Crippen molar-refractivity contribution < 1.29 is 0 Å². The van der Waals surface area contributed by atoms with Crippen molar-refractivity contribution in [3.05, 3.63) is 35.9 Å². The van der Waals surface area contributed by atoms with E-state index in [1.165, 1.54) is 37.8 Å². The van der Waals surface area contributed by atoms with E-state index in [1.54, 1.807) is 0 Å². The number of rotatable bonds is 2. The molecule has 1 saturated heterocycles. The van der Waals surface area contributed by atoms with Crippen LogP contribution in [0.25, 0.3) is 0 Å². The van der Waals surface area contributed by atoms with Gasteiger partial charge in [0.15, 0.2) is 0 Å². The third-order valence-electron chi connectivity index (χ3n) is 5.53. The van der Waals surface area contributed by atoms with Crippen molar-refractivity contribution in [3.63, 3.8) is 0 Å². The molecule has 2 heteroatoms. The lowest BCUT2D eigenvalue weighted by atomic mass is 9.90. The SMILES string of the molecule is CC1(C)CCC(N2CCCNC(C)(c3ccccc3)C2)C1. The average molecular weight is 286 g/mol.